The second-order valence-electron chi connectivity index (χ2n) is 7.96. The molecule has 0 saturated carbocycles. The molecule has 8 heteroatoms. The van der Waals surface area contributed by atoms with Gasteiger partial charge >= 0.3 is 0 Å². The molecule has 2 aromatic rings. The molecule has 0 aromatic heterocycles. The fourth-order valence-corrected chi connectivity index (χ4v) is 5.50. The molecule has 1 N–H and O–H groups in total. The van der Waals surface area contributed by atoms with Gasteiger partial charge in [0.2, 0.25) is 10.0 Å². The molecule has 5 rings (SSSR count). The van der Waals surface area contributed by atoms with Crippen LogP contribution in [0.2, 0.25) is 0 Å². The van der Waals surface area contributed by atoms with E-state index in [9.17, 15) is 8.42 Å². The van der Waals surface area contributed by atoms with Crippen LogP contribution in [0.3, 0.4) is 0 Å². The third kappa shape index (κ3) is 3.07. The summed E-state index contributed by atoms with van der Waals surface area (Å²) in [6.07, 6.45) is 4.61. The Morgan fingerprint density at radius 3 is 2.53 bits per heavy atom. The van der Waals surface area contributed by atoms with E-state index in [0.717, 1.165) is 28.3 Å². The van der Waals surface area contributed by atoms with Crippen LogP contribution in [0, 0.1) is 0 Å². The zero-order chi connectivity index (χ0) is 20.9. The summed E-state index contributed by atoms with van der Waals surface area (Å²) in [5.41, 5.74) is 5.97. The number of nitrogens with zero attached hydrogens (tertiary/aromatic N) is 2. The van der Waals surface area contributed by atoms with Crippen molar-refractivity contribution >= 4 is 15.7 Å². The van der Waals surface area contributed by atoms with Gasteiger partial charge in [-0.15, -0.1) is 0 Å². The van der Waals surface area contributed by atoms with Gasteiger partial charge in [-0.1, -0.05) is 30.3 Å². The maximum atomic E-state index is 12.0. The average Bonchev–Trinajstić information content (AvgIpc) is 3.20. The molecule has 0 bridgehead atoms. The summed E-state index contributed by atoms with van der Waals surface area (Å²) in [4.78, 5) is 0. The minimum atomic E-state index is -3.22. The fraction of sp³-hybridized carbons (Fsp3) is 0.364. The van der Waals surface area contributed by atoms with Crippen molar-refractivity contribution in [2.75, 3.05) is 26.5 Å². The first-order valence-electron chi connectivity index (χ1n) is 10.1. The normalized spacial score (nSPS) is 23.1. The van der Waals surface area contributed by atoms with Crippen LogP contribution in [0.25, 0.3) is 5.70 Å². The van der Waals surface area contributed by atoms with Gasteiger partial charge in [-0.2, -0.15) is 5.01 Å². The molecule has 0 unspecified atom stereocenters. The first-order chi connectivity index (χ1) is 14.4. The van der Waals surface area contributed by atoms with Gasteiger partial charge in [0.05, 0.1) is 25.1 Å². The summed E-state index contributed by atoms with van der Waals surface area (Å²) in [5.74, 6) is 1.65. The number of hydrogen-bond acceptors (Lipinski definition) is 6. The smallest absolute Gasteiger partial charge is 0.211 e. The van der Waals surface area contributed by atoms with E-state index in [1.165, 1.54) is 10.6 Å². The summed E-state index contributed by atoms with van der Waals surface area (Å²) in [6.45, 7) is 0.853. The summed E-state index contributed by atoms with van der Waals surface area (Å²) >= 11 is 0. The van der Waals surface area contributed by atoms with Crippen LogP contribution in [0.15, 0.2) is 54.6 Å². The number of para-hydroxylation sites is 2. The molecule has 3 aliphatic heterocycles. The van der Waals surface area contributed by atoms with Gasteiger partial charge < -0.3 is 14.9 Å². The van der Waals surface area contributed by atoms with Crippen LogP contribution in [0.1, 0.15) is 30.0 Å². The number of benzene rings is 2. The highest BCUT2D eigenvalue weighted by Gasteiger charge is 2.52. The van der Waals surface area contributed by atoms with Crippen LogP contribution in [0.5, 0.6) is 11.5 Å². The lowest BCUT2D eigenvalue weighted by Gasteiger charge is -2.51. The molecule has 1 saturated heterocycles. The standard InChI is InChI=1S/C22H25N3O4S/c1-28-20-9-5-3-7-16(20)18-15-19-17-8-4-6-10-21(17)29-22(25(19)23-18)11-13-24(14-12-22)30(2,26)27/h3-10,15,19,23H,11-14H2,1-2H3/t19-/m0/s1. The Kier molecular flexibility index (Phi) is 4.53. The molecule has 1 atom stereocenters. The fourth-order valence-electron chi connectivity index (χ4n) is 4.65. The lowest BCUT2D eigenvalue weighted by Crippen LogP contribution is -2.64. The predicted octanol–water partition coefficient (Wildman–Crippen LogP) is 2.74. The van der Waals surface area contributed by atoms with Gasteiger partial charge in [-0.25, -0.2) is 12.7 Å². The van der Waals surface area contributed by atoms with Crippen LogP contribution in [-0.2, 0) is 10.0 Å². The van der Waals surface area contributed by atoms with Gasteiger partial charge in [0, 0.05) is 37.1 Å². The van der Waals surface area contributed by atoms with Crippen molar-refractivity contribution in [3.05, 3.63) is 65.7 Å². The second-order valence-corrected chi connectivity index (χ2v) is 9.94. The molecule has 1 spiro atoms. The maximum Gasteiger partial charge on any atom is 0.211 e. The van der Waals surface area contributed by atoms with Gasteiger partial charge in [-0.05, 0) is 24.3 Å². The molecule has 1 fully saturated rings. The Balaban J connectivity index is 1.54. The van der Waals surface area contributed by atoms with Crippen molar-refractivity contribution in [3.8, 4) is 11.5 Å². The molecule has 0 amide bonds. The van der Waals surface area contributed by atoms with E-state index in [2.05, 4.69) is 22.6 Å². The van der Waals surface area contributed by atoms with Crippen molar-refractivity contribution in [1.29, 1.82) is 0 Å². The van der Waals surface area contributed by atoms with E-state index in [0.29, 0.717) is 25.9 Å². The molecule has 3 aliphatic rings. The van der Waals surface area contributed by atoms with E-state index in [1.54, 1.807) is 7.11 Å². The molecular weight excluding hydrogens is 402 g/mol. The van der Waals surface area contributed by atoms with Gasteiger partial charge in [0.25, 0.3) is 0 Å². The van der Waals surface area contributed by atoms with Gasteiger partial charge in [-0.3, -0.25) is 0 Å². The number of methoxy groups -OCH3 is 1. The predicted molar refractivity (Wildman–Crippen MR) is 114 cm³/mol. The van der Waals surface area contributed by atoms with Gasteiger partial charge in [0.1, 0.15) is 11.5 Å². The molecule has 7 nitrogen and oxygen atoms in total. The molecule has 0 radical (unpaired) electrons. The number of nitrogens with one attached hydrogen (secondary N) is 1. The third-order valence-corrected chi connectivity index (χ3v) is 7.49. The Bertz CT molecular complexity index is 1110. The molecule has 158 valence electrons. The lowest BCUT2D eigenvalue weighted by molar-refractivity contribution is -0.153. The summed E-state index contributed by atoms with van der Waals surface area (Å²) in [5, 5.41) is 2.15. The number of piperidine rings is 1. The van der Waals surface area contributed by atoms with Crippen LogP contribution in [-0.4, -0.2) is 49.9 Å². The molecule has 2 aromatic carbocycles. The summed E-state index contributed by atoms with van der Waals surface area (Å²) in [6, 6.07) is 16.0. The minimum Gasteiger partial charge on any atom is -0.496 e. The van der Waals surface area contributed by atoms with Crippen LogP contribution in [0.4, 0.5) is 0 Å². The summed E-state index contributed by atoms with van der Waals surface area (Å²) in [7, 11) is -1.55. The quantitative estimate of drug-likeness (QED) is 0.812. The Hall–Kier alpha value is -2.55. The van der Waals surface area contributed by atoms with Crippen molar-refractivity contribution in [2.24, 2.45) is 0 Å². The number of fused-ring (bicyclic) bond motifs is 4. The zero-order valence-electron chi connectivity index (χ0n) is 17.0. The number of ether oxygens (including phenoxy) is 2. The van der Waals surface area contributed by atoms with Crippen molar-refractivity contribution < 1.29 is 17.9 Å². The molecule has 30 heavy (non-hydrogen) atoms. The first-order valence-corrected chi connectivity index (χ1v) is 11.9. The maximum absolute atomic E-state index is 12.0. The number of sulfonamides is 1. The summed E-state index contributed by atoms with van der Waals surface area (Å²) < 4.78 is 37.7. The SMILES string of the molecule is COc1ccccc1C1=C[C@H]2c3ccccc3OC3(CCN(S(C)(=O)=O)CC3)N2N1. The minimum absolute atomic E-state index is 0.0142. The third-order valence-electron chi connectivity index (χ3n) is 6.19. The Labute approximate surface area is 176 Å². The zero-order valence-corrected chi connectivity index (χ0v) is 17.9. The number of hydrogen-bond donors (Lipinski definition) is 1. The molecule has 3 heterocycles. The van der Waals surface area contributed by atoms with Crippen LogP contribution >= 0.6 is 0 Å². The highest BCUT2D eigenvalue weighted by molar-refractivity contribution is 7.88. The van der Waals surface area contributed by atoms with Crippen molar-refractivity contribution in [2.45, 2.75) is 24.6 Å². The highest BCUT2D eigenvalue weighted by Crippen LogP contribution is 2.49. The average molecular weight is 428 g/mol. The number of rotatable bonds is 3. The molecule has 0 aliphatic carbocycles. The second kappa shape index (κ2) is 7.01. The van der Waals surface area contributed by atoms with E-state index in [4.69, 9.17) is 9.47 Å². The van der Waals surface area contributed by atoms with E-state index in [-0.39, 0.29) is 6.04 Å². The van der Waals surface area contributed by atoms with E-state index >= 15 is 0 Å². The highest BCUT2D eigenvalue weighted by atomic mass is 32.2. The Morgan fingerprint density at radius 2 is 1.80 bits per heavy atom. The molecular formula is C22H25N3O4S. The van der Waals surface area contributed by atoms with Gasteiger partial charge in [0.15, 0.2) is 5.72 Å². The largest absolute Gasteiger partial charge is 0.496 e. The first kappa shape index (κ1) is 19.4. The Morgan fingerprint density at radius 1 is 1.10 bits per heavy atom. The van der Waals surface area contributed by atoms with E-state index < -0.39 is 15.7 Å². The van der Waals surface area contributed by atoms with E-state index in [1.807, 2.05) is 42.5 Å². The van der Waals surface area contributed by atoms with Crippen LogP contribution < -0.4 is 14.9 Å². The van der Waals surface area contributed by atoms with Crippen molar-refractivity contribution in [1.82, 2.24) is 14.7 Å². The lowest BCUT2D eigenvalue weighted by atomic mass is 9.93. The topological polar surface area (TPSA) is 71.1 Å². The monoisotopic (exact) mass is 427 g/mol. The van der Waals surface area contributed by atoms with Crippen molar-refractivity contribution in [3.63, 3.8) is 0 Å². The number of hydrazine groups is 1.